The Morgan fingerprint density at radius 3 is 2.55 bits per heavy atom. The summed E-state index contributed by atoms with van der Waals surface area (Å²) in [6.45, 7) is 1.33. The van der Waals surface area contributed by atoms with Crippen LogP contribution in [0.4, 0.5) is 11.4 Å². The van der Waals surface area contributed by atoms with E-state index in [1.165, 1.54) is 19.4 Å². The Kier molecular flexibility index (Phi) is 4.61. The second-order valence-corrected chi connectivity index (χ2v) is 5.17. The number of esters is 1. The van der Waals surface area contributed by atoms with E-state index >= 15 is 0 Å². The van der Waals surface area contributed by atoms with Crippen LogP contribution in [0.5, 0.6) is 5.75 Å². The van der Waals surface area contributed by atoms with Crippen LogP contribution in [0, 0.1) is 5.92 Å². The summed E-state index contributed by atoms with van der Waals surface area (Å²) >= 11 is 0. The van der Waals surface area contributed by atoms with Crippen molar-refractivity contribution in [1.82, 2.24) is 0 Å². The largest absolute Gasteiger partial charge is 0.427 e. The van der Waals surface area contributed by atoms with Gasteiger partial charge in [-0.1, -0.05) is 19.3 Å². The van der Waals surface area contributed by atoms with E-state index in [0.29, 0.717) is 17.1 Å². The molecule has 108 valence electrons. The van der Waals surface area contributed by atoms with Gasteiger partial charge in [-0.15, -0.1) is 0 Å². The van der Waals surface area contributed by atoms with Crippen LogP contribution in [0.25, 0.3) is 0 Å². The smallest absolute Gasteiger partial charge is 0.308 e. The molecule has 1 aromatic carbocycles. The molecule has 1 aliphatic carbocycles. The van der Waals surface area contributed by atoms with Crippen molar-refractivity contribution in [1.29, 1.82) is 0 Å². The summed E-state index contributed by atoms with van der Waals surface area (Å²) in [5.41, 5.74) is 6.83. The quantitative estimate of drug-likeness (QED) is 0.505. The predicted octanol–water partition coefficient (Wildman–Crippen LogP) is 2.71. The van der Waals surface area contributed by atoms with Gasteiger partial charge in [0.05, 0.1) is 11.4 Å². The first-order valence-corrected chi connectivity index (χ1v) is 6.95. The number of nitrogen functional groups attached to an aromatic ring is 1. The van der Waals surface area contributed by atoms with Crippen LogP contribution < -0.4 is 15.8 Å². The number of rotatable bonds is 3. The van der Waals surface area contributed by atoms with Crippen molar-refractivity contribution in [2.75, 3.05) is 11.1 Å². The van der Waals surface area contributed by atoms with Crippen molar-refractivity contribution in [3.63, 3.8) is 0 Å². The molecule has 0 aliphatic heterocycles. The van der Waals surface area contributed by atoms with E-state index in [0.717, 1.165) is 25.7 Å². The number of hydrogen-bond acceptors (Lipinski definition) is 4. The van der Waals surface area contributed by atoms with Gasteiger partial charge in [0, 0.05) is 18.9 Å². The number of nitrogens with two attached hydrogens (primary N) is 1. The van der Waals surface area contributed by atoms with Gasteiger partial charge in [0.15, 0.2) is 0 Å². The fourth-order valence-corrected chi connectivity index (χ4v) is 2.48. The Bertz CT molecular complexity index is 508. The van der Waals surface area contributed by atoms with Crippen LogP contribution in [-0.4, -0.2) is 11.9 Å². The molecule has 0 aromatic heterocycles. The van der Waals surface area contributed by atoms with Gasteiger partial charge in [-0.25, -0.2) is 0 Å². The van der Waals surface area contributed by atoms with Crippen LogP contribution >= 0.6 is 0 Å². The molecule has 0 heterocycles. The van der Waals surface area contributed by atoms with Gasteiger partial charge in [-0.2, -0.15) is 0 Å². The zero-order chi connectivity index (χ0) is 14.5. The second kappa shape index (κ2) is 6.41. The number of nitrogens with one attached hydrogen (secondary N) is 1. The fourth-order valence-electron chi connectivity index (χ4n) is 2.48. The molecule has 0 unspecified atom stereocenters. The molecule has 1 saturated carbocycles. The standard InChI is InChI=1S/C15H20N2O3/c1-10(18)20-12-7-8-14(13(16)9-12)17-15(19)11-5-3-2-4-6-11/h7-9,11H,2-6,16H2,1H3,(H,17,19). The highest BCUT2D eigenvalue weighted by molar-refractivity contribution is 5.95. The predicted molar refractivity (Wildman–Crippen MR) is 77.4 cm³/mol. The van der Waals surface area contributed by atoms with Crippen LogP contribution in [0.3, 0.4) is 0 Å². The van der Waals surface area contributed by atoms with Crippen LogP contribution in [0.2, 0.25) is 0 Å². The first kappa shape index (κ1) is 14.4. The van der Waals surface area contributed by atoms with E-state index in [2.05, 4.69) is 5.32 Å². The van der Waals surface area contributed by atoms with E-state index in [4.69, 9.17) is 10.5 Å². The minimum absolute atomic E-state index is 0.0247. The molecule has 2 rings (SSSR count). The molecule has 1 fully saturated rings. The van der Waals surface area contributed by atoms with E-state index in [1.807, 2.05) is 0 Å². The minimum Gasteiger partial charge on any atom is -0.427 e. The lowest BCUT2D eigenvalue weighted by atomic mass is 9.88. The SMILES string of the molecule is CC(=O)Oc1ccc(NC(=O)C2CCCCC2)c(N)c1. The van der Waals surface area contributed by atoms with Crippen molar-refractivity contribution < 1.29 is 14.3 Å². The number of carbonyl (C=O) groups excluding carboxylic acids is 2. The molecule has 1 aliphatic rings. The average molecular weight is 276 g/mol. The highest BCUT2D eigenvalue weighted by Gasteiger charge is 2.21. The minimum atomic E-state index is -0.400. The monoisotopic (exact) mass is 276 g/mol. The average Bonchev–Trinajstić information content (AvgIpc) is 2.42. The molecule has 20 heavy (non-hydrogen) atoms. The Hall–Kier alpha value is -2.04. The zero-order valence-electron chi connectivity index (χ0n) is 11.6. The Balaban J connectivity index is 2.01. The van der Waals surface area contributed by atoms with Gasteiger partial charge < -0.3 is 15.8 Å². The lowest BCUT2D eigenvalue weighted by molar-refractivity contribution is -0.131. The summed E-state index contributed by atoms with van der Waals surface area (Å²) in [5, 5.41) is 2.86. The molecule has 5 nitrogen and oxygen atoms in total. The van der Waals surface area contributed by atoms with Gasteiger partial charge in [0.2, 0.25) is 5.91 Å². The van der Waals surface area contributed by atoms with Gasteiger partial charge in [0.1, 0.15) is 5.75 Å². The van der Waals surface area contributed by atoms with Gasteiger partial charge in [-0.3, -0.25) is 9.59 Å². The van der Waals surface area contributed by atoms with Crippen molar-refractivity contribution in [3.8, 4) is 5.75 Å². The highest BCUT2D eigenvalue weighted by Crippen LogP contribution is 2.28. The lowest BCUT2D eigenvalue weighted by Gasteiger charge is -2.21. The number of hydrogen-bond donors (Lipinski definition) is 2. The summed E-state index contributed by atoms with van der Waals surface area (Å²) in [6.07, 6.45) is 5.31. The Morgan fingerprint density at radius 2 is 1.95 bits per heavy atom. The zero-order valence-corrected chi connectivity index (χ0v) is 11.6. The summed E-state index contributed by atoms with van der Waals surface area (Å²) in [5.74, 6) is 0.0852. The molecule has 0 atom stereocenters. The van der Waals surface area contributed by atoms with Crippen molar-refractivity contribution in [2.24, 2.45) is 5.92 Å². The number of anilines is 2. The summed E-state index contributed by atoms with van der Waals surface area (Å²) in [6, 6.07) is 4.82. The van der Waals surface area contributed by atoms with Crippen molar-refractivity contribution in [2.45, 2.75) is 39.0 Å². The molecule has 5 heteroatoms. The van der Waals surface area contributed by atoms with Gasteiger partial charge >= 0.3 is 5.97 Å². The van der Waals surface area contributed by atoms with Crippen LogP contribution in [0.1, 0.15) is 39.0 Å². The molecule has 0 spiro atoms. The maximum atomic E-state index is 12.1. The molecule has 0 bridgehead atoms. The number of benzene rings is 1. The van der Waals surface area contributed by atoms with Crippen molar-refractivity contribution in [3.05, 3.63) is 18.2 Å². The molecular weight excluding hydrogens is 256 g/mol. The van der Waals surface area contributed by atoms with Gasteiger partial charge in [0.25, 0.3) is 0 Å². The molecule has 1 aromatic rings. The van der Waals surface area contributed by atoms with Crippen LogP contribution in [0.15, 0.2) is 18.2 Å². The van der Waals surface area contributed by atoms with E-state index in [1.54, 1.807) is 12.1 Å². The van der Waals surface area contributed by atoms with E-state index < -0.39 is 5.97 Å². The topological polar surface area (TPSA) is 81.4 Å². The third-order valence-corrected chi connectivity index (χ3v) is 3.52. The van der Waals surface area contributed by atoms with Crippen molar-refractivity contribution >= 4 is 23.3 Å². The van der Waals surface area contributed by atoms with E-state index in [9.17, 15) is 9.59 Å². The lowest BCUT2D eigenvalue weighted by Crippen LogP contribution is -2.25. The van der Waals surface area contributed by atoms with Crippen LogP contribution in [-0.2, 0) is 9.59 Å². The molecular formula is C15H20N2O3. The summed E-state index contributed by atoms with van der Waals surface area (Å²) in [7, 11) is 0. The molecule has 1 amide bonds. The Morgan fingerprint density at radius 1 is 1.25 bits per heavy atom. The first-order valence-electron chi connectivity index (χ1n) is 6.95. The summed E-state index contributed by atoms with van der Waals surface area (Å²) < 4.78 is 4.94. The number of ether oxygens (including phenoxy) is 1. The number of amides is 1. The maximum Gasteiger partial charge on any atom is 0.308 e. The van der Waals surface area contributed by atoms with E-state index in [-0.39, 0.29) is 11.8 Å². The fraction of sp³-hybridized carbons (Fsp3) is 0.467. The highest BCUT2D eigenvalue weighted by atomic mass is 16.5. The third-order valence-electron chi connectivity index (χ3n) is 3.52. The third kappa shape index (κ3) is 3.73. The molecule has 0 radical (unpaired) electrons. The second-order valence-electron chi connectivity index (χ2n) is 5.17. The van der Waals surface area contributed by atoms with Gasteiger partial charge in [-0.05, 0) is 25.0 Å². The first-order chi connectivity index (χ1) is 9.56. The maximum absolute atomic E-state index is 12.1. The molecule has 3 N–H and O–H groups in total. The summed E-state index contributed by atoms with van der Waals surface area (Å²) in [4.78, 5) is 23.0. The number of carbonyl (C=O) groups is 2. The molecule has 0 saturated heterocycles. The Labute approximate surface area is 118 Å². The normalized spacial score (nSPS) is 15.7.